The molecule has 0 heterocycles. The van der Waals surface area contributed by atoms with Crippen LogP contribution in [0, 0.1) is 0 Å². The largest absolute Gasteiger partial charge is 0.457 e. The van der Waals surface area contributed by atoms with Gasteiger partial charge in [-0.15, -0.1) is 0 Å². The van der Waals surface area contributed by atoms with E-state index in [1.165, 1.54) is 0 Å². The van der Waals surface area contributed by atoms with Gasteiger partial charge >= 0.3 is 5.97 Å². The van der Waals surface area contributed by atoms with Crippen molar-refractivity contribution >= 4 is 23.4 Å². The van der Waals surface area contributed by atoms with Crippen LogP contribution in [0.3, 0.4) is 0 Å². The van der Waals surface area contributed by atoms with E-state index in [0.29, 0.717) is 17.0 Å². The number of carbonyl (C=O) groups is 2. The fraction of sp³-hybridized carbons (Fsp3) is 0.176. The van der Waals surface area contributed by atoms with E-state index in [2.05, 4.69) is 0 Å². The zero-order valence-electron chi connectivity index (χ0n) is 11.4. The summed E-state index contributed by atoms with van der Waals surface area (Å²) in [7, 11) is 0. The van der Waals surface area contributed by atoms with E-state index in [9.17, 15) is 9.59 Å². The Bertz CT molecular complexity index is 623. The molecule has 2 aromatic rings. The van der Waals surface area contributed by atoms with Crippen molar-refractivity contribution in [3.63, 3.8) is 0 Å². The summed E-state index contributed by atoms with van der Waals surface area (Å²) in [6.07, 6.45) is 0.859. The Hall–Kier alpha value is -2.13. The number of esters is 1. The lowest BCUT2D eigenvalue weighted by Crippen LogP contribution is -2.14. The topological polar surface area (TPSA) is 43.4 Å². The van der Waals surface area contributed by atoms with Crippen LogP contribution in [0.4, 0.5) is 0 Å². The first-order valence-corrected chi connectivity index (χ1v) is 7.01. The number of aryl methyl sites for hydroxylation is 1. The van der Waals surface area contributed by atoms with Crippen LogP contribution in [0.15, 0.2) is 54.6 Å². The van der Waals surface area contributed by atoms with Gasteiger partial charge in [-0.3, -0.25) is 9.59 Å². The van der Waals surface area contributed by atoms with Crippen LogP contribution < -0.4 is 0 Å². The van der Waals surface area contributed by atoms with Crippen LogP contribution >= 0.6 is 11.6 Å². The van der Waals surface area contributed by atoms with Crippen LogP contribution in [0.25, 0.3) is 0 Å². The molecular weight excluding hydrogens is 288 g/mol. The molecule has 108 valence electrons. The second-order valence-electron chi connectivity index (χ2n) is 4.58. The summed E-state index contributed by atoms with van der Waals surface area (Å²) in [5, 5.41) is 0.483. The van der Waals surface area contributed by atoms with E-state index >= 15 is 0 Å². The van der Waals surface area contributed by atoms with Crippen LogP contribution in [0.2, 0.25) is 5.02 Å². The maximum absolute atomic E-state index is 11.8. The Balaban J connectivity index is 1.77. The van der Waals surface area contributed by atoms with Crippen molar-refractivity contribution < 1.29 is 14.3 Å². The minimum Gasteiger partial charge on any atom is -0.457 e. The van der Waals surface area contributed by atoms with E-state index in [-0.39, 0.29) is 24.8 Å². The van der Waals surface area contributed by atoms with Gasteiger partial charge in [0, 0.05) is 17.0 Å². The number of hydrogen-bond acceptors (Lipinski definition) is 3. The minimum absolute atomic E-state index is 0.256. The van der Waals surface area contributed by atoms with Gasteiger partial charge in [-0.1, -0.05) is 54.1 Å². The zero-order valence-corrected chi connectivity index (χ0v) is 12.2. The Morgan fingerprint density at radius 2 is 1.76 bits per heavy atom. The molecule has 4 heteroatoms. The highest BCUT2D eigenvalue weighted by atomic mass is 35.5. The molecule has 21 heavy (non-hydrogen) atoms. The van der Waals surface area contributed by atoms with Gasteiger partial charge in [-0.2, -0.15) is 0 Å². The van der Waals surface area contributed by atoms with Gasteiger partial charge in [0.05, 0.1) is 0 Å². The lowest BCUT2D eigenvalue weighted by molar-refractivity contribution is -0.142. The Morgan fingerprint density at radius 1 is 1.00 bits per heavy atom. The first-order chi connectivity index (χ1) is 10.1. The van der Waals surface area contributed by atoms with E-state index in [4.69, 9.17) is 16.3 Å². The molecule has 0 saturated carbocycles. The highest BCUT2D eigenvalue weighted by Crippen LogP contribution is 2.11. The predicted octanol–water partition coefficient (Wildman–Crippen LogP) is 3.70. The average Bonchev–Trinajstić information content (AvgIpc) is 2.51. The normalized spacial score (nSPS) is 10.1. The summed E-state index contributed by atoms with van der Waals surface area (Å²) in [4.78, 5) is 23.5. The Labute approximate surface area is 128 Å². The summed E-state index contributed by atoms with van der Waals surface area (Å²) < 4.78 is 4.99. The molecule has 0 atom stereocenters. The molecule has 0 aliphatic carbocycles. The van der Waals surface area contributed by atoms with Crippen LogP contribution in [0.5, 0.6) is 0 Å². The number of ketones is 1. The molecule has 0 bridgehead atoms. The van der Waals surface area contributed by atoms with Crippen LogP contribution in [-0.4, -0.2) is 18.4 Å². The van der Waals surface area contributed by atoms with Crippen molar-refractivity contribution in [1.82, 2.24) is 0 Å². The molecule has 0 aliphatic heterocycles. The number of Topliss-reactive ketones (excluding diaryl/α,β-unsaturated/α-hetero) is 1. The van der Waals surface area contributed by atoms with Crippen molar-refractivity contribution in [2.24, 2.45) is 0 Å². The van der Waals surface area contributed by atoms with Gasteiger partial charge in [0.1, 0.15) is 0 Å². The third kappa shape index (κ3) is 5.04. The summed E-state index contributed by atoms with van der Waals surface area (Å²) in [5.41, 5.74) is 1.51. The monoisotopic (exact) mass is 302 g/mol. The molecule has 2 rings (SSSR count). The average molecular weight is 303 g/mol. The molecule has 3 nitrogen and oxygen atoms in total. The number of carbonyl (C=O) groups excluding carboxylic acids is 2. The maximum Gasteiger partial charge on any atom is 0.306 e. The predicted molar refractivity (Wildman–Crippen MR) is 81.5 cm³/mol. The molecule has 0 spiro atoms. The van der Waals surface area contributed by atoms with Crippen LogP contribution in [0.1, 0.15) is 22.3 Å². The van der Waals surface area contributed by atoms with E-state index in [1.807, 2.05) is 30.3 Å². The Kier molecular flexibility index (Phi) is 5.52. The smallest absolute Gasteiger partial charge is 0.306 e. The van der Waals surface area contributed by atoms with Crippen molar-refractivity contribution in [3.05, 3.63) is 70.7 Å². The fourth-order valence-corrected chi connectivity index (χ4v) is 2.04. The number of rotatable bonds is 6. The lowest BCUT2D eigenvalue weighted by atomic mass is 10.1. The van der Waals surface area contributed by atoms with Gasteiger partial charge in [0.25, 0.3) is 0 Å². The second-order valence-corrected chi connectivity index (χ2v) is 5.02. The van der Waals surface area contributed by atoms with E-state index in [0.717, 1.165) is 5.56 Å². The number of halogens is 1. The minimum atomic E-state index is -0.380. The van der Waals surface area contributed by atoms with Gasteiger partial charge in [0.2, 0.25) is 0 Å². The zero-order chi connectivity index (χ0) is 15.1. The van der Waals surface area contributed by atoms with Crippen molar-refractivity contribution in [2.75, 3.05) is 6.61 Å². The maximum atomic E-state index is 11.8. The van der Waals surface area contributed by atoms with Crippen molar-refractivity contribution in [3.8, 4) is 0 Å². The van der Waals surface area contributed by atoms with Gasteiger partial charge in [-0.05, 0) is 24.1 Å². The summed E-state index contributed by atoms with van der Waals surface area (Å²) in [6, 6.07) is 16.2. The summed E-state index contributed by atoms with van der Waals surface area (Å²) in [6.45, 7) is -0.256. The van der Waals surface area contributed by atoms with Gasteiger partial charge in [0.15, 0.2) is 12.4 Å². The summed E-state index contributed by atoms with van der Waals surface area (Å²) >= 11 is 5.81. The van der Waals surface area contributed by atoms with Crippen molar-refractivity contribution in [2.45, 2.75) is 12.8 Å². The number of hydrogen-bond donors (Lipinski definition) is 0. The molecule has 0 saturated heterocycles. The highest BCUT2D eigenvalue weighted by molar-refractivity contribution is 6.31. The number of ether oxygens (including phenoxy) is 1. The lowest BCUT2D eigenvalue weighted by Gasteiger charge is -2.05. The molecule has 0 N–H and O–H groups in total. The molecule has 0 radical (unpaired) electrons. The standard InChI is InChI=1S/C17H15ClO3/c18-15-8-4-7-14(11-15)16(19)12-21-17(20)10-9-13-5-2-1-3-6-13/h1-8,11H,9-10,12H2. The molecule has 0 amide bonds. The third-order valence-corrected chi connectivity index (χ3v) is 3.21. The second kappa shape index (κ2) is 7.60. The van der Waals surface area contributed by atoms with E-state index < -0.39 is 0 Å². The molecule has 0 aromatic heterocycles. The Morgan fingerprint density at radius 3 is 2.48 bits per heavy atom. The quantitative estimate of drug-likeness (QED) is 0.603. The molecule has 2 aromatic carbocycles. The molecule has 0 aliphatic rings. The van der Waals surface area contributed by atoms with E-state index in [1.54, 1.807) is 24.3 Å². The SMILES string of the molecule is O=C(CCc1ccccc1)OCC(=O)c1cccc(Cl)c1. The fourth-order valence-electron chi connectivity index (χ4n) is 1.85. The van der Waals surface area contributed by atoms with Crippen molar-refractivity contribution in [1.29, 1.82) is 0 Å². The van der Waals surface area contributed by atoms with Gasteiger partial charge in [-0.25, -0.2) is 0 Å². The first-order valence-electron chi connectivity index (χ1n) is 6.63. The first kappa shape index (κ1) is 15.3. The van der Waals surface area contributed by atoms with Crippen LogP contribution in [-0.2, 0) is 16.0 Å². The molecule has 0 unspecified atom stereocenters. The molecule has 0 fully saturated rings. The number of benzene rings is 2. The highest BCUT2D eigenvalue weighted by Gasteiger charge is 2.10. The van der Waals surface area contributed by atoms with Gasteiger partial charge < -0.3 is 4.74 Å². The summed E-state index contributed by atoms with van der Waals surface area (Å²) in [5.74, 6) is -0.639. The molecular formula is C17H15ClO3. The third-order valence-electron chi connectivity index (χ3n) is 2.97.